The maximum atomic E-state index is 11.8. The fraction of sp³-hybridized carbons (Fsp3) is 0. The molecule has 0 atom stereocenters. The van der Waals surface area contributed by atoms with Gasteiger partial charge in [-0.25, -0.2) is 4.79 Å². The Hall–Kier alpha value is -1.81. The Morgan fingerprint density at radius 2 is 2.00 bits per heavy atom. The molecule has 2 aromatic heterocycles. The Morgan fingerprint density at radius 3 is 2.80 bits per heavy atom. The molecule has 0 spiro atoms. The predicted molar refractivity (Wildman–Crippen MR) is 61.8 cm³/mol. The molecule has 15 heavy (non-hydrogen) atoms. The lowest BCUT2D eigenvalue weighted by Crippen LogP contribution is -2.13. The van der Waals surface area contributed by atoms with Crippen LogP contribution in [0.15, 0.2) is 46.6 Å². The summed E-state index contributed by atoms with van der Waals surface area (Å²) >= 11 is 1.55. The first-order valence-corrected chi connectivity index (χ1v) is 5.48. The summed E-state index contributed by atoms with van der Waals surface area (Å²) in [7, 11) is 0. The normalized spacial score (nSPS) is 10.9. The lowest BCUT2D eigenvalue weighted by Gasteiger charge is -1.97. The molecular weight excluding hydrogens is 208 g/mol. The van der Waals surface area contributed by atoms with Crippen LogP contribution in [0, 0.1) is 0 Å². The van der Waals surface area contributed by atoms with Gasteiger partial charge in [-0.05, 0) is 29.6 Å². The Kier molecular flexibility index (Phi) is 1.76. The Balaban J connectivity index is 2.44. The summed E-state index contributed by atoms with van der Waals surface area (Å²) in [5.74, 6) is 0. The topological polar surface area (TPSA) is 37.8 Å². The molecule has 0 aliphatic heterocycles. The average Bonchev–Trinajstić information content (AvgIpc) is 2.82. The number of hydrogen-bond acceptors (Lipinski definition) is 2. The minimum Gasteiger partial charge on any atom is -0.305 e. The van der Waals surface area contributed by atoms with E-state index in [0.29, 0.717) is 0 Å². The van der Waals surface area contributed by atoms with E-state index in [9.17, 15) is 4.79 Å². The predicted octanol–water partition coefficient (Wildman–Crippen LogP) is 2.38. The van der Waals surface area contributed by atoms with E-state index in [1.165, 1.54) is 0 Å². The molecule has 0 saturated heterocycles. The fourth-order valence-electron chi connectivity index (χ4n) is 1.67. The summed E-state index contributed by atoms with van der Waals surface area (Å²) in [6.45, 7) is 0. The summed E-state index contributed by atoms with van der Waals surface area (Å²) in [4.78, 5) is 14.6. The average molecular weight is 216 g/mol. The number of imidazole rings is 1. The number of rotatable bonds is 1. The first-order valence-electron chi connectivity index (χ1n) is 4.60. The van der Waals surface area contributed by atoms with E-state index in [-0.39, 0.29) is 5.69 Å². The molecule has 0 unspecified atom stereocenters. The lowest BCUT2D eigenvalue weighted by atomic mass is 10.3. The van der Waals surface area contributed by atoms with Crippen molar-refractivity contribution in [2.24, 2.45) is 0 Å². The van der Waals surface area contributed by atoms with Crippen molar-refractivity contribution in [3.63, 3.8) is 0 Å². The number of nitrogens with zero attached hydrogens (tertiary/aromatic N) is 1. The van der Waals surface area contributed by atoms with Crippen molar-refractivity contribution < 1.29 is 0 Å². The summed E-state index contributed by atoms with van der Waals surface area (Å²) in [6, 6.07) is 11.6. The third-order valence-electron chi connectivity index (χ3n) is 2.32. The van der Waals surface area contributed by atoms with Crippen LogP contribution in [-0.4, -0.2) is 9.55 Å². The first-order chi connectivity index (χ1) is 7.36. The highest BCUT2D eigenvalue weighted by atomic mass is 32.1. The van der Waals surface area contributed by atoms with Crippen LogP contribution in [0.5, 0.6) is 0 Å². The van der Waals surface area contributed by atoms with Crippen LogP contribution >= 0.6 is 11.3 Å². The van der Waals surface area contributed by atoms with Crippen LogP contribution in [0.4, 0.5) is 0 Å². The summed E-state index contributed by atoms with van der Waals surface area (Å²) in [5, 5.41) is 2.90. The standard InChI is InChI=1S/C11H8N2OS/c14-11-12-8-4-1-2-5-9(8)13(11)10-6-3-7-15-10/h1-7H,(H,12,14). The van der Waals surface area contributed by atoms with Crippen molar-refractivity contribution >= 4 is 22.4 Å². The second-order valence-corrected chi connectivity index (χ2v) is 4.16. The largest absolute Gasteiger partial charge is 0.331 e. The van der Waals surface area contributed by atoms with E-state index in [1.807, 2.05) is 41.8 Å². The third-order valence-corrected chi connectivity index (χ3v) is 3.17. The molecule has 0 aliphatic rings. The molecule has 0 amide bonds. The second kappa shape index (κ2) is 3.10. The van der Waals surface area contributed by atoms with Crippen molar-refractivity contribution in [1.82, 2.24) is 9.55 Å². The maximum Gasteiger partial charge on any atom is 0.331 e. The molecule has 0 radical (unpaired) electrons. The summed E-state index contributed by atoms with van der Waals surface area (Å²) in [6.07, 6.45) is 0. The minimum absolute atomic E-state index is 0.0846. The van der Waals surface area contributed by atoms with Gasteiger partial charge in [-0.2, -0.15) is 0 Å². The number of H-pyrrole nitrogens is 1. The van der Waals surface area contributed by atoms with E-state index < -0.39 is 0 Å². The number of hydrogen-bond donors (Lipinski definition) is 1. The van der Waals surface area contributed by atoms with Gasteiger partial charge in [0, 0.05) is 0 Å². The third kappa shape index (κ3) is 1.22. The zero-order valence-electron chi connectivity index (χ0n) is 7.81. The minimum atomic E-state index is -0.0846. The zero-order valence-corrected chi connectivity index (χ0v) is 8.62. The maximum absolute atomic E-state index is 11.8. The van der Waals surface area contributed by atoms with Gasteiger partial charge in [-0.3, -0.25) is 4.57 Å². The molecule has 4 heteroatoms. The van der Waals surface area contributed by atoms with Gasteiger partial charge in [0.05, 0.1) is 11.0 Å². The van der Waals surface area contributed by atoms with Gasteiger partial charge in [0.15, 0.2) is 0 Å². The van der Waals surface area contributed by atoms with Crippen LogP contribution < -0.4 is 5.69 Å². The Bertz CT molecular complexity index is 649. The SMILES string of the molecule is O=c1[nH]c2ccccc2n1-c1cccs1. The number of fused-ring (bicyclic) bond motifs is 1. The van der Waals surface area contributed by atoms with Gasteiger partial charge in [0.25, 0.3) is 0 Å². The quantitative estimate of drug-likeness (QED) is 0.666. The van der Waals surface area contributed by atoms with Crippen molar-refractivity contribution in [2.45, 2.75) is 0 Å². The smallest absolute Gasteiger partial charge is 0.305 e. The molecule has 0 saturated carbocycles. The van der Waals surface area contributed by atoms with E-state index in [0.717, 1.165) is 16.0 Å². The molecule has 0 bridgehead atoms. The van der Waals surface area contributed by atoms with Gasteiger partial charge in [0.2, 0.25) is 0 Å². The van der Waals surface area contributed by atoms with Crippen LogP contribution in [0.3, 0.4) is 0 Å². The number of aromatic nitrogens is 2. The van der Waals surface area contributed by atoms with E-state index >= 15 is 0 Å². The highest BCUT2D eigenvalue weighted by Crippen LogP contribution is 2.18. The van der Waals surface area contributed by atoms with Crippen molar-refractivity contribution in [3.8, 4) is 5.00 Å². The van der Waals surface area contributed by atoms with Gasteiger partial charge in [-0.15, -0.1) is 11.3 Å². The first kappa shape index (κ1) is 8.49. The number of benzene rings is 1. The highest BCUT2D eigenvalue weighted by molar-refractivity contribution is 7.12. The monoisotopic (exact) mass is 216 g/mol. The molecule has 3 nitrogen and oxygen atoms in total. The number of thiophene rings is 1. The number of para-hydroxylation sites is 2. The number of nitrogens with one attached hydrogen (secondary N) is 1. The second-order valence-electron chi connectivity index (χ2n) is 3.23. The van der Waals surface area contributed by atoms with Crippen molar-refractivity contribution in [3.05, 3.63) is 52.3 Å². The van der Waals surface area contributed by atoms with Crippen LogP contribution in [0.25, 0.3) is 16.0 Å². The van der Waals surface area contributed by atoms with E-state index in [4.69, 9.17) is 0 Å². The zero-order chi connectivity index (χ0) is 10.3. The van der Waals surface area contributed by atoms with Crippen molar-refractivity contribution in [1.29, 1.82) is 0 Å². The fourth-order valence-corrected chi connectivity index (χ4v) is 2.41. The van der Waals surface area contributed by atoms with Gasteiger partial charge in [-0.1, -0.05) is 12.1 Å². The molecule has 3 aromatic rings. The van der Waals surface area contributed by atoms with Gasteiger partial charge in [0.1, 0.15) is 5.00 Å². The van der Waals surface area contributed by atoms with Gasteiger partial charge < -0.3 is 4.98 Å². The summed E-state index contributed by atoms with van der Waals surface area (Å²) in [5.41, 5.74) is 1.71. The molecule has 1 N–H and O–H groups in total. The molecule has 1 aromatic carbocycles. The molecule has 2 heterocycles. The van der Waals surface area contributed by atoms with Crippen LogP contribution in [0.2, 0.25) is 0 Å². The Labute approximate surface area is 89.6 Å². The molecular formula is C11H8N2OS. The Morgan fingerprint density at radius 1 is 1.13 bits per heavy atom. The molecule has 0 aliphatic carbocycles. The molecule has 0 fully saturated rings. The number of aromatic amines is 1. The highest BCUT2D eigenvalue weighted by Gasteiger charge is 2.07. The van der Waals surface area contributed by atoms with Crippen molar-refractivity contribution in [2.75, 3.05) is 0 Å². The summed E-state index contributed by atoms with van der Waals surface area (Å²) < 4.78 is 1.69. The van der Waals surface area contributed by atoms with Gasteiger partial charge >= 0.3 is 5.69 Å². The lowest BCUT2D eigenvalue weighted by molar-refractivity contribution is 1.04. The molecule has 74 valence electrons. The molecule has 3 rings (SSSR count). The van der Waals surface area contributed by atoms with E-state index in [2.05, 4.69) is 4.98 Å². The van der Waals surface area contributed by atoms with Crippen LogP contribution in [0.1, 0.15) is 0 Å². The van der Waals surface area contributed by atoms with Crippen LogP contribution in [-0.2, 0) is 0 Å². The van der Waals surface area contributed by atoms with E-state index in [1.54, 1.807) is 15.9 Å².